The summed E-state index contributed by atoms with van der Waals surface area (Å²) in [6.45, 7) is 0. The summed E-state index contributed by atoms with van der Waals surface area (Å²) < 4.78 is 12.0. The average Bonchev–Trinajstić information content (AvgIpc) is 1.51. The number of rotatable bonds is 8. The van der Waals surface area contributed by atoms with E-state index in [1.54, 1.807) is 0 Å². The van der Waals surface area contributed by atoms with Crippen molar-refractivity contribution in [1.82, 2.24) is 37.8 Å². The van der Waals surface area contributed by atoms with Crippen LogP contribution in [0.5, 0.6) is 0 Å². The molecule has 19 aromatic rings. The molecule has 0 saturated carbocycles. The van der Waals surface area contributed by atoms with Crippen molar-refractivity contribution >= 4 is 109 Å². The molecule has 0 aliphatic rings. The summed E-state index contributed by atoms with van der Waals surface area (Å²) in [5, 5.41) is 23.5. The summed E-state index contributed by atoms with van der Waals surface area (Å²) in [5.74, 6) is 1.54. The van der Waals surface area contributed by atoms with Crippen LogP contribution >= 0.6 is 0 Å². The van der Waals surface area contributed by atoms with Gasteiger partial charge in [-0.25, -0.2) is 15.0 Å². The fraction of sp³-hybridized carbons (Fsp3) is 0. The summed E-state index contributed by atoms with van der Waals surface area (Å²) in [4.78, 5) is 16.1. The second kappa shape index (κ2) is 19.7. The molecule has 0 saturated heterocycles. The van der Waals surface area contributed by atoms with E-state index < -0.39 is 0 Å². The normalized spacial score (nSPS) is 11.9. The molecule has 0 N–H and O–H groups in total. The lowest BCUT2D eigenvalue weighted by molar-refractivity contribution is 1.06. The Labute approximate surface area is 520 Å². The molecule has 19 rings (SSSR count). The Morgan fingerprint density at radius 2 is 0.538 bits per heavy atom. The predicted octanol–water partition coefficient (Wildman–Crippen LogP) is 20.2. The Morgan fingerprint density at radius 1 is 0.242 bits per heavy atom. The summed E-state index contributed by atoms with van der Waals surface area (Å²) in [5.41, 5.74) is 17.7. The third-order valence-electron chi connectivity index (χ3n) is 18.5. The highest BCUT2D eigenvalue weighted by molar-refractivity contribution is 6.40. The highest BCUT2D eigenvalue weighted by atomic mass is 15.1. The number of hydrogen-bond donors (Lipinski definition) is 0. The van der Waals surface area contributed by atoms with Crippen molar-refractivity contribution in [1.29, 1.82) is 5.26 Å². The molecule has 0 amide bonds. The second-order valence-corrected chi connectivity index (χ2v) is 23.4. The van der Waals surface area contributed by atoms with Crippen LogP contribution in [-0.2, 0) is 0 Å². The summed E-state index contributed by atoms with van der Waals surface area (Å²) in [6.07, 6.45) is 0. The van der Waals surface area contributed by atoms with Crippen molar-refractivity contribution in [3.63, 3.8) is 0 Å². The number of fused-ring (bicyclic) bond motifs is 18. The van der Waals surface area contributed by atoms with E-state index in [9.17, 15) is 5.26 Å². The number of benzene rings is 13. The van der Waals surface area contributed by atoms with Crippen LogP contribution in [0, 0.1) is 11.3 Å². The monoisotopic (exact) mass is 1160 g/mol. The average molecular weight is 1160 g/mol. The van der Waals surface area contributed by atoms with Crippen molar-refractivity contribution < 1.29 is 0 Å². The van der Waals surface area contributed by atoms with Gasteiger partial charge in [0.15, 0.2) is 17.5 Å². The molecule has 0 radical (unpaired) electrons. The SMILES string of the molecule is N#Cc1c(-n2c3ccccc3c3cc4c(cc32)c2ccccc2n4-c2ccccc2)cc(-c2nc(-c3ccccc3)nc(-c3ccccc3)n2)cc1-n1c2ccccc2c2c3c(c4ccccc4n3-c3ccccc3)c3c(c4ccccc4n3-c3ccccc3)c21. The van der Waals surface area contributed by atoms with Crippen molar-refractivity contribution in [2.75, 3.05) is 0 Å². The lowest BCUT2D eigenvalue weighted by Gasteiger charge is -2.19. The van der Waals surface area contributed by atoms with E-state index in [1.807, 2.05) is 60.7 Å². The standard InChI is InChI=1S/C82H49N9/c83-50-64-70(90-66-42-22-17-37-58(66)63-48-72-62(49-73(63)90)57-36-16-21-41-65(57)87(72)54-30-10-3-11-31-54)46-53(82-85-80(51-26-6-1-7-27-51)84-81(86-82)52-28-8-2-9-29-52)47-71(64)91-69-45-25-20-40-61(69)76-78-74(59-38-18-23-43-67(59)88(78)55-32-12-4-13-33-55)77-75(79(76)91)60-39-19-24-44-68(60)89(77)56-34-14-5-15-35-56/h1-49H. The van der Waals surface area contributed by atoms with E-state index >= 15 is 0 Å². The zero-order chi connectivity index (χ0) is 59.8. The first-order valence-electron chi connectivity index (χ1n) is 30.7. The van der Waals surface area contributed by atoms with E-state index in [0.717, 1.165) is 137 Å². The lowest BCUT2D eigenvalue weighted by atomic mass is 10.0. The quantitative estimate of drug-likeness (QED) is 0.152. The number of hydrogen-bond acceptors (Lipinski definition) is 4. The van der Waals surface area contributed by atoms with Crippen molar-refractivity contribution in [3.05, 3.63) is 303 Å². The fourth-order valence-electron chi connectivity index (χ4n) is 14.8. The fourth-order valence-corrected chi connectivity index (χ4v) is 14.8. The topological polar surface area (TPSA) is 87.1 Å². The summed E-state index contributed by atoms with van der Waals surface area (Å²) >= 11 is 0. The van der Waals surface area contributed by atoms with E-state index in [1.165, 1.54) is 0 Å². The predicted molar refractivity (Wildman–Crippen MR) is 373 cm³/mol. The van der Waals surface area contributed by atoms with Crippen LogP contribution in [0.25, 0.3) is 172 Å². The third-order valence-corrected chi connectivity index (χ3v) is 18.5. The number of nitrogens with zero attached hydrogens (tertiary/aromatic N) is 9. The zero-order valence-electron chi connectivity index (χ0n) is 48.8. The molecule has 6 heterocycles. The molecule has 0 bridgehead atoms. The Balaban J connectivity index is 1.03. The maximum atomic E-state index is 12.6. The maximum Gasteiger partial charge on any atom is 0.164 e. The van der Waals surface area contributed by atoms with Gasteiger partial charge in [-0.1, -0.05) is 206 Å². The van der Waals surface area contributed by atoms with Crippen LogP contribution in [0.2, 0.25) is 0 Å². The van der Waals surface area contributed by atoms with Crippen LogP contribution in [-0.4, -0.2) is 37.8 Å². The number of para-hydroxylation sites is 8. The molecule has 422 valence electrons. The van der Waals surface area contributed by atoms with E-state index in [-0.39, 0.29) is 0 Å². The van der Waals surface area contributed by atoms with Gasteiger partial charge in [0.05, 0.1) is 66.5 Å². The van der Waals surface area contributed by atoms with Gasteiger partial charge in [0.25, 0.3) is 0 Å². The highest BCUT2D eigenvalue weighted by Crippen LogP contribution is 2.52. The van der Waals surface area contributed by atoms with E-state index in [0.29, 0.717) is 40.0 Å². The Hall–Kier alpha value is -12.6. The molecule has 0 spiro atoms. The molecule has 0 aliphatic heterocycles. The minimum atomic E-state index is 0.465. The van der Waals surface area contributed by atoms with Crippen LogP contribution in [0.4, 0.5) is 0 Å². The van der Waals surface area contributed by atoms with Crippen molar-refractivity contribution in [3.8, 4) is 68.7 Å². The van der Waals surface area contributed by atoms with Gasteiger partial charge in [0.2, 0.25) is 0 Å². The van der Waals surface area contributed by atoms with Gasteiger partial charge in [-0.05, 0) is 91.0 Å². The molecule has 6 aromatic heterocycles. The Morgan fingerprint density at radius 3 is 0.956 bits per heavy atom. The van der Waals surface area contributed by atoms with Gasteiger partial charge in [0, 0.05) is 87.6 Å². The van der Waals surface area contributed by atoms with Gasteiger partial charge in [0.1, 0.15) is 11.6 Å². The van der Waals surface area contributed by atoms with Gasteiger partial charge in [-0.2, -0.15) is 5.26 Å². The second-order valence-electron chi connectivity index (χ2n) is 23.4. The molecule has 91 heavy (non-hydrogen) atoms. The van der Waals surface area contributed by atoms with E-state index in [2.05, 4.69) is 265 Å². The first-order chi connectivity index (χ1) is 45.2. The number of nitriles is 1. The molecule has 0 atom stereocenters. The number of aromatic nitrogens is 8. The third kappa shape index (κ3) is 7.36. The van der Waals surface area contributed by atoms with Gasteiger partial charge in [-0.3, -0.25) is 0 Å². The molecule has 9 nitrogen and oxygen atoms in total. The highest BCUT2D eigenvalue weighted by Gasteiger charge is 2.31. The summed E-state index contributed by atoms with van der Waals surface area (Å²) in [7, 11) is 0. The first kappa shape index (κ1) is 50.5. The summed E-state index contributed by atoms with van der Waals surface area (Å²) in [6, 6.07) is 108. The molecule has 0 fully saturated rings. The molecular weight excluding hydrogens is 1110 g/mol. The van der Waals surface area contributed by atoms with Gasteiger partial charge < -0.3 is 22.8 Å². The minimum absolute atomic E-state index is 0.465. The molecule has 13 aromatic carbocycles. The first-order valence-corrected chi connectivity index (χ1v) is 30.7. The van der Waals surface area contributed by atoms with Crippen LogP contribution in [0.1, 0.15) is 5.56 Å². The maximum absolute atomic E-state index is 12.6. The van der Waals surface area contributed by atoms with Gasteiger partial charge in [-0.15, -0.1) is 0 Å². The smallest absolute Gasteiger partial charge is 0.164 e. The molecule has 0 aliphatic carbocycles. The molecule has 0 unspecified atom stereocenters. The zero-order valence-corrected chi connectivity index (χ0v) is 48.8. The largest absolute Gasteiger partial charge is 0.309 e. The van der Waals surface area contributed by atoms with Gasteiger partial charge >= 0.3 is 0 Å². The van der Waals surface area contributed by atoms with Crippen molar-refractivity contribution in [2.24, 2.45) is 0 Å². The molecule has 9 heteroatoms. The van der Waals surface area contributed by atoms with Crippen LogP contribution in [0.3, 0.4) is 0 Å². The van der Waals surface area contributed by atoms with Crippen molar-refractivity contribution in [2.45, 2.75) is 0 Å². The lowest BCUT2D eigenvalue weighted by Crippen LogP contribution is -2.07. The van der Waals surface area contributed by atoms with E-state index in [4.69, 9.17) is 15.0 Å². The molecular formula is C82H49N9. The Kier molecular flexibility index (Phi) is 10.9. The van der Waals surface area contributed by atoms with Crippen LogP contribution < -0.4 is 0 Å². The minimum Gasteiger partial charge on any atom is -0.309 e. The Bertz CT molecular complexity index is 6120. The van der Waals surface area contributed by atoms with Crippen LogP contribution in [0.15, 0.2) is 297 Å².